The van der Waals surface area contributed by atoms with Gasteiger partial charge in [-0.3, -0.25) is 0 Å². The van der Waals surface area contributed by atoms with E-state index in [4.69, 9.17) is 0 Å². The molecule has 0 atom stereocenters. The van der Waals surface area contributed by atoms with Crippen LogP contribution >= 0.6 is 45.3 Å². The summed E-state index contributed by atoms with van der Waals surface area (Å²) in [5.41, 5.74) is 43.1. The van der Waals surface area contributed by atoms with Crippen molar-refractivity contribution in [2.75, 3.05) is 0 Å². The van der Waals surface area contributed by atoms with E-state index in [-0.39, 0.29) is 21.7 Å². The Hall–Kier alpha value is -14.7. The summed E-state index contributed by atoms with van der Waals surface area (Å²) in [5.74, 6) is 3.42. The number of benzene rings is 20. The molecule has 0 saturated carbocycles. The summed E-state index contributed by atoms with van der Waals surface area (Å²) in [6.45, 7) is 34.2. The van der Waals surface area contributed by atoms with E-state index in [1.54, 1.807) is 0 Å². The van der Waals surface area contributed by atoms with E-state index in [9.17, 15) is 0 Å². The van der Waals surface area contributed by atoms with Crippen LogP contribution in [0.15, 0.2) is 443 Å². The molecule has 30 rings (SSSR count). The maximum Gasteiger partial charge on any atom is 0.0728 e. The molecule has 0 amide bonds. The van der Waals surface area contributed by atoms with Gasteiger partial charge in [0.15, 0.2) is 0 Å². The fourth-order valence-electron chi connectivity index (χ4n) is 25.4. The van der Waals surface area contributed by atoms with Crippen LogP contribution < -0.4 is 0 Å². The monoisotopic (exact) mass is 1990 g/mol. The van der Waals surface area contributed by atoms with E-state index < -0.39 is 0 Å². The third-order valence-corrected chi connectivity index (χ3v) is 37.1. The minimum atomic E-state index is -0.233. The van der Waals surface area contributed by atoms with Crippen molar-refractivity contribution in [3.8, 4) is 66.8 Å². The summed E-state index contributed by atoms with van der Waals surface area (Å²) in [7, 11) is 0. The summed E-state index contributed by atoms with van der Waals surface area (Å²) < 4.78 is 11.2. The molecule has 0 unspecified atom stereocenters. The van der Waals surface area contributed by atoms with Crippen LogP contribution in [-0.2, 0) is 21.7 Å². The predicted molar refractivity (Wildman–Crippen MR) is 649 cm³/mol. The van der Waals surface area contributed by atoms with Gasteiger partial charge >= 0.3 is 0 Å². The molecule has 0 fully saturated rings. The second-order valence-electron chi connectivity index (χ2n) is 44.0. The lowest BCUT2D eigenvalue weighted by atomic mass is 9.66. The standard InChI is InChI=1S/C29H24.2C28H22.4C15H14S/c1-28(2,3)26-18-10-14-22-21-13-6-9-17-25(21)29(27(22)26)23-15-7-4-11-19(23)20-12-5-8-16-24(20)29;1-18(2)19-15-16-27-23(17-19)22-11-5-8-14-26(22)28(27)24-12-6-3-9-20(24)21-10-4-7-13-25(21)28;1-18(2)19-15-16-23-22-11-5-8-14-26(22)28(27(23)17-19)24-12-6-3-9-20(24)21-10-4-7-13-25(21)28;1-10(2)11-7-5-8-13-12-6-3-4-9-14(12)16-15(11)13;1-10(2)11-7-5-9-14-15(11)12-6-3-4-8-13(12)16-14;1-10(2)11-7-8-15-13(9-11)12-5-3-4-6-14(12)16-15;1-10(2)11-7-8-13-12-5-3-4-6-14(12)16-15(13)9-11/h4-18H,1-3H3;2*3-18H,1-2H3;4*3-10H,1-2H3. The Bertz CT molecular complexity index is 9110. The highest BCUT2D eigenvalue weighted by Gasteiger charge is 2.56. The van der Waals surface area contributed by atoms with E-state index in [1.807, 2.05) is 45.3 Å². The molecule has 728 valence electrons. The van der Waals surface area contributed by atoms with Gasteiger partial charge in [-0.2, -0.15) is 0 Å². The van der Waals surface area contributed by atoms with Crippen LogP contribution in [0.1, 0.15) is 245 Å². The molecule has 4 heteroatoms. The highest BCUT2D eigenvalue weighted by Crippen LogP contribution is 2.68. The fourth-order valence-corrected chi connectivity index (χ4v) is 30.2. The quantitative estimate of drug-likeness (QED) is 0.156. The summed E-state index contributed by atoms with van der Waals surface area (Å²) in [5, 5.41) is 11.3. The first-order valence-corrected chi connectivity index (χ1v) is 56.7. The maximum absolute atomic E-state index is 2.47. The lowest BCUT2D eigenvalue weighted by Gasteiger charge is -2.35. The van der Waals surface area contributed by atoms with Gasteiger partial charge in [-0.05, 0) is 262 Å². The van der Waals surface area contributed by atoms with Gasteiger partial charge in [-0.15, -0.1) is 45.3 Å². The summed E-state index contributed by atoms with van der Waals surface area (Å²) >= 11 is 7.59. The smallest absolute Gasteiger partial charge is 0.0728 e. The predicted octanol–water partition coefficient (Wildman–Crippen LogP) is 42.3. The van der Waals surface area contributed by atoms with Crippen molar-refractivity contribution in [2.24, 2.45) is 0 Å². The number of thiophene rings is 4. The summed E-state index contributed by atoms with van der Waals surface area (Å²) in [4.78, 5) is 0. The van der Waals surface area contributed by atoms with Gasteiger partial charge in [0.05, 0.1) is 16.2 Å². The Kier molecular flexibility index (Phi) is 25.1. The van der Waals surface area contributed by atoms with Crippen molar-refractivity contribution in [2.45, 2.75) is 161 Å². The molecule has 0 saturated heterocycles. The van der Waals surface area contributed by atoms with Crippen molar-refractivity contribution in [3.63, 3.8) is 0 Å². The van der Waals surface area contributed by atoms with Crippen LogP contribution in [0, 0.1) is 0 Å². The third kappa shape index (κ3) is 15.9. The van der Waals surface area contributed by atoms with Crippen molar-refractivity contribution < 1.29 is 0 Å². The average molecular weight is 1990 g/mol. The van der Waals surface area contributed by atoms with Crippen LogP contribution in [-0.4, -0.2) is 0 Å². The number of hydrogen-bond donors (Lipinski definition) is 0. The zero-order valence-corrected chi connectivity index (χ0v) is 91.0. The molecular formula is C145H124S4. The molecule has 0 radical (unpaired) electrons. The zero-order chi connectivity index (χ0) is 102. The molecular weight excluding hydrogens is 1870 g/mol. The first-order chi connectivity index (χ1) is 72.5. The molecule has 6 aliphatic rings. The van der Waals surface area contributed by atoms with Crippen LogP contribution in [0.4, 0.5) is 0 Å². The van der Waals surface area contributed by atoms with Crippen LogP contribution in [0.5, 0.6) is 0 Å². The molecule has 20 aromatic carbocycles. The molecule has 0 aliphatic heterocycles. The molecule has 6 aliphatic carbocycles. The Morgan fingerprint density at radius 1 is 0.174 bits per heavy atom. The van der Waals surface area contributed by atoms with Gasteiger partial charge in [-0.25, -0.2) is 0 Å². The highest BCUT2D eigenvalue weighted by molar-refractivity contribution is 7.27. The lowest BCUT2D eigenvalue weighted by molar-refractivity contribution is 0.574. The Balaban J connectivity index is 0.0000000943. The Morgan fingerprint density at radius 3 is 0.933 bits per heavy atom. The molecule has 0 N–H and O–H groups in total. The normalized spacial score (nSPS) is 13.5. The Morgan fingerprint density at radius 2 is 0.463 bits per heavy atom. The highest BCUT2D eigenvalue weighted by atomic mass is 32.1. The maximum atomic E-state index is 2.47. The second kappa shape index (κ2) is 38.8. The molecule has 24 aromatic rings. The van der Waals surface area contributed by atoms with E-state index in [0.717, 1.165) is 0 Å². The van der Waals surface area contributed by atoms with Gasteiger partial charge in [-0.1, -0.05) is 498 Å². The van der Waals surface area contributed by atoms with E-state index in [2.05, 4.69) is 547 Å². The van der Waals surface area contributed by atoms with Crippen LogP contribution in [0.3, 0.4) is 0 Å². The average Bonchev–Trinajstić information content (AvgIpc) is 1.50. The first kappa shape index (κ1) is 96.4. The first-order valence-electron chi connectivity index (χ1n) is 53.5. The van der Waals surface area contributed by atoms with Gasteiger partial charge < -0.3 is 0 Å². The third-order valence-electron chi connectivity index (χ3n) is 32.4. The van der Waals surface area contributed by atoms with Crippen molar-refractivity contribution in [1.29, 1.82) is 0 Å². The molecule has 4 aromatic heterocycles. The molecule has 4 heterocycles. The second-order valence-corrected chi connectivity index (χ2v) is 48.3. The zero-order valence-electron chi connectivity index (χ0n) is 87.7. The molecule has 3 spiro atoms. The Labute approximate surface area is 894 Å². The molecule has 0 nitrogen and oxygen atoms in total. The summed E-state index contributed by atoms with van der Waals surface area (Å²) in [6, 6.07) is 164. The SMILES string of the molecule is CC(C)(C)c1cccc2c1C1(c3ccccc3-c3ccccc31)c1ccccc1-2.CC(C)c1ccc2c(c1)-c1ccccc1C21c2ccccc2-c2ccccc21.CC(C)c1ccc2c(c1)C1(c3ccccc3-c3ccccc31)c1ccccc1-2.CC(C)c1ccc2c(c1)sc1ccccc12.CC(C)c1ccc2sc3ccccc3c2c1.CC(C)c1cccc2c1sc1ccccc12.CC(C)c1cccc2sc3ccccc3c12. The van der Waals surface area contributed by atoms with Gasteiger partial charge in [0, 0.05) is 80.7 Å². The topological polar surface area (TPSA) is 0 Å². The minimum Gasteiger partial charge on any atom is -0.135 e. The van der Waals surface area contributed by atoms with E-state index in [1.165, 1.54) is 253 Å². The van der Waals surface area contributed by atoms with E-state index in [0.29, 0.717) is 35.5 Å². The van der Waals surface area contributed by atoms with Crippen LogP contribution in [0.25, 0.3) is 147 Å². The van der Waals surface area contributed by atoms with Crippen molar-refractivity contribution in [3.05, 3.63) is 549 Å². The lowest BCUT2D eigenvalue weighted by Crippen LogP contribution is -2.29. The number of hydrogen-bond acceptors (Lipinski definition) is 4. The molecule has 149 heavy (non-hydrogen) atoms. The van der Waals surface area contributed by atoms with Crippen molar-refractivity contribution in [1.82, 2.24) is 0 Å². The fraction of sp³-hybridized carbons (Fsp3) is 0.172. The largest absolute Gasteiger partial charge is 0.135 e. The minimum absolute atomic E-state index is 0.0624. The number of rotatable bonds is 6. The number of fused-ring (bicyclic) bond motifs is 42. The summed E-state index contributed by atoms with van der Waals surface area (Å²) in [6.07, 6.45) is 0. The van der Waals surface area contributed by atoms with Gasteiger partial charge in [0.25, 0.3) is 0 Å². The van der Waals surface area contributed by atoms with Gasteiger partial charge in [0.2, 0.25) is 0 Å². The van der Waals surface area contributed by atoms with Crippen LogP contribution in [0.2, 0.25) is 0 Å². The van der Waals surface area contributed by atoms with E-state index >= 15 is 0 Å². The van der Waals surface area contributed by atoms with Crippen molar-refractivity contribution >= 4 is 126 Å². The molecule has 0 bridgehead atoms. The van der Waals surface area contributed by atoms with Gasteiger partial charge in [0.1, 0.15) is 0 Å².